The molecule has 0 saturated carbocycles. The molecular weight excluding hydrogens is 376 g/mol. The molecule has 0 aromatic carbocycles. The molecule has 3 atom stereocenters. The zero-order valence-electron chi connectivity index (χ0n) is 14.7. The average molecular weight is 394 g/mol. The Balaban J connectivity index is 1.90. The van der Waals surface area contributed by atoms with Gasteiger partial charge in [0.1, 0.15) is 25.0 Å². The number of hydrogen-bond acceptors (Lipinski definition) is 8. The molecule has 10 heteroatoms. The Morgan fingerprint density at radius 1 is 1.33 bits per heavy atom. The number of aromatic nitrogens is 2. The van der Waals surface area contributed by atoms with Crippen LogP contribution in [0.2, 0.25) is 0 Å². The number of carbonyl (C=O) groups excluding carboxylic acids is 2. The summed E-state index contributed by atoms with van der Waals surface area (Å²) in [5.41, 5.74) is -0.801. The van der Waals surface area contributed by atoms with Gasteiger partial charge in [0.2, 0.25) is 0 Å². The summed E-state index contributed by atoms with van der Waals surface area (Å²) in [6.07, 6.45) is -0.571. The van der Waals surface area contributed by atoms with E-state index in [0.717, 1.165) is 0 Å². The number of ether oxygens (including phenoxy) is 3. The Kier molecular flexibility index (Phi) is 5.57. The molecule has 9 nitrogen and oxygen atoms in total. The second-order valence-electron chi connectivity index (χ2n) is 6.00. The molecule has 2 aromatic rings. The van der Waals surface area contributed by atoms with Gasteiger partial charge in [-0.05, 0) is 11.4 Å². The molecule has 144 valence electrons. The summed E-state index contributed by atoms with van der Waals surface area (Å²) in [4.78, 5) is 49.8. The Morgan fingerprint density at radius 3 is 2.74 bits per heavy atom. The van der Waals surface area contributed by atoms with E-state index in [9.17, 15) is 19.2 Å². The van der Waals surface area contributed by atoms with Gasteiger partial charge in [-0.15, -0.1) is 11.3 Å². The van der Waals surface area contributed by atoms with E-state index in [1.54, 1.807) is 12.1 Å². The molecule has 1 aliphatic heterocycles. The lowest BCUT2D eigenvalue weighted by Crippen LogP contribution is -2.33. The SMILES string of the molecule is CC(=O)OC[C@H]1O[C@@H](n2cc(-c3cccs3)c(=O)[nH]c2=O)C[C@@H]1OC(C)=O. The summed E-state index contributed by atoms with van der Waals surface area (Å²) in [5.74, 6) is -1.00. The first-order valence-corrected chi connectivity index (χ1v) is 9.08. The predicted octanol–water partition coefficient (Wildman–Crippen LogP) is 1.05. The van der Waals surface area contributed by atoms with Crippen LogP contribution in [0.1, 0.15) is 26.5 Å². The van der Waals surface area contributed by atoms with Crippen molar-refractivity contribution in [2.75, 3.05) is 6.61 Å². The van der Waals surface area contributed by atoms with Crippen molar-refractivity contribution < 1.29 is 23.8 Å². The highest BCUT2D eigenvalue weighted by Gasteiger charge is 2.39. The van der Waals surface area contributed by atoms with Gasteiger partial charge in [0.15, 0.2) is 0 Å². The molecule has 1 aliphatic rings. The lowest BCUT2D eigenvalue weighted by molar-refractivity contribution is -0.155. The van der Waals surface area contributed by atoms with Crippen LogP contribution in [0.3, 0.4) is 0 Å². The third-order valence-corrected chi connectivity index (χ3v) is 4.92. The summed E-state index contributed by atoms with van der Waals surface area (Å²) in [6.45, 7) is 2.41. The van der Waals surface area contributed by atoms with Gasteiger partial charge in [0, 0.05) is 31.3 Å². The monoisotopic (exact) mass is 394 g/mol. The van der Waals surface area contributed by atoms with Gasteiger partial charge in [-0.25, -0.2) is 4.79 Å². The van der Waals surface area contributed by atoms with E-state index in [-0.39, 0.29) is 13.0 Å². The maximum absolute atomic E-state index is 12.3. The first kappa shape index (κ1) is 19.1. The van der Waals surface area contributed by atoms with Crippen molar-refractivity contribution in [1.29, 1.82) is 0 Å². The van der Waals surface area contributed by atoms with E-state index in [1.165, 1.54) is 35.9 Å². The number of aromatic amines is 1. The van der Waals surface area contributed by atoms with E-state index in [1.807, 2.05) is 5.38 Å². The fourth-order valence-electron chi connectivity index (χ4n) is 2.86. The Morgan fingerprint density at radius 2 is 2.11 bits per heavy atom. The van der Waals surface area contributed by atoms with Crippen LogP contribution >= 0.6 is 11.3 Å². The fourth-order valence-corrected chi connectivity index (χ4v) is 3.60. The van der Waals surface area contributed by atoms with Crippen molar-refractivity contribution >= 4 is 23.3 Å². The number of H-pyrrole nitrogens is 1. The highest BCUT2D eigenvalue weighted by Crippen LogP contribution is 2.31. The molecule has 0 bridgehead atoms. The van der Waals surface area contributed by atoms with E-state index in [2.05, 4.69) is 4.98 Å². The van der Waals surface area contributed by atoms with Gasteiger partial charge in [-0.2, -0.15) is 0 Å². The van der Waals surface area contributed by atoms with Crippen molar-refractivity contribution in [1.82, 2.24) is 9.55 Å². The van der Waals surface area contributed by atoms with Crippen LogP contribution in [-0.4, -0.2) is 40.3 Å². The minimum atomic E-state index is -0.780. The Bertz CT molecular complexity index is 947. The van der Waals surface area contributed by atoms with E-state index < -0.39 is 41.6 Å². The number of nitrogens with zero attached hydrogens (tertiary/aromatic N) is 1. The van der Waals surface area contributed by atoms with E-state index in [0.29, 0.717) is 10.4 Å². The molecule has 3 heterocycles. The third kappa shape index (κ3) is 4.34. The first-order valence-electron chi connectivity index (χ1n) is 8.20. The molecule has 0 radical (unpaired) electrons. The summed E-state index contributed by atoms with van der Waals surface area (Å²) in [5, 5.41) is 1.82. The van der Waals surface area contributed by atoms with Crippen molar-refractivity contribution in [2.45, 2.75) is 38.7 Å². The standard InChI is InChI=1S/C17H18N2O7S/c1-9(20)24-8-13-12(25-10(2)21)6-15(26-13)19-7-11(14-4-3-5-27-14)16(22)18-17(19)23/h3-5,7,12-13,15H,6,8H2,1-2H3,(H,18,22,23)/t12-,13+,15+/m0/s1. The molecule has 0 amide bonds. The van der Waals surface area contributed by atoms with Gasteiger partial charge in [-0.1, -0.05) is 6.07 Å². The maximum Gasteiger partial charge on any atom is 0.330 e. The number of hydrogen-bond donors (Lipinski definition) is 1. The van der Waals surface area contributed by atoms with Gasteiger partial charge in [0.25, 0.3) is 5.56 Å². The molecule has 27 heavy (non-hydrogen) atoms. The zero-order chi connectivity index (χ0) is 19.6. The molecule has 1 fully saturated rings. The van der Waals surface area contributed by atoms with E-state index in [4.69, 9.17) is 14.2 Å². The molecule has 0 spiro atoms. The topological polar surface area (TPSA) is 117 Å². The van der Waals surface area contributed by atoms with Crippen LogP contribution in [0.4, 0.5) is 0 Å². The summed E-state index contributed by atoms with van der Waals surface area (Å²) >= 11 is 1.37. The highest BCUT2D eigenvalue weighted by molar-refractivity contribution is 7.13. The van der Waals surface area contributed by atoms with Crippen LogP contribution < -0.4 is 11.2 Å². The highest BCUT2D eigenvalue weighted by atomic mass is 32.1. The second-order valence-corrected chi connectivity index (χ2v) is 6.95. The molecule has 2 aromatic heterocycles. The van der Waals surface area contributed by atoms with Crippen molar-refractivity contribution in [2.24, 2.45) is 0 Å². The molecular formula is C17H18N2O7S. The number of nitrogens with one attached hydrogen (secondary N) is 1. The van der Waals surface area contributed by atoms with Crippen LogP contribution in [-0.2, 0) is 23.8 Å². The molecule has 0 unspecified atom stereocenters. The summed E-state index contributed by atoms with van der Waals surface area (Å²) in [6, 6.07) is 3.57. The first-order chi connectivity index (χ1) is 12.8. The molecule has 3 rings (SSSR count). The predicted molar refractivity (Wildman–Crippen MR) is 95.3 cm³/mol. The normalized spacial score (nSPS) is 21.8. The van der Waals surface area contributed by atoms with Crippen molar-refractivity contribution in [3.05, 3.63) is 44.5 Å². The largest absolute Gasteiger partial charge is 0.463 e. The van der Waals surface area contributed by atoms with Crippen LogP contribution in [0.15, 0.2) is 33.3 Å². The van der Waals surface area contributed by atoms with Gasteiger partial charge >= 0.3 is 17.6 Å². The molecule has 1 N–H and O–H groups in total. The smallest absolute Gasteiger partial charge is 0.330 e. The lowest BCUT2D eigenvalue weighted by atomic mass is 10.2. The molecule has 0 aliphatic carbocycles. The third-order valence-electron chi connectivity index (χ3n) is 4.01. The fraction of sp³-hybridized carbons (Fsp3) is 0.412. The van der Waals surface area contributed by atoms with Crippen molar-refractivity contribution in [3.63, 3.8) is 0 Å². The van der Waals surface area contributed by atoms with Gasteiger partial charge in [0.05, 0.1) is 5.56 Å². The maximum atomic E-state index is 12.3. The van der Waals surface area contributed by atoms with Crippen LogP contribution in [0.25, 0.3) is 10.4 Å². The van der Waals surface area contributed by atoms with Gasteiger partial charge in [-0.3, -0.25) is 23.9 Å². The van der Waals surface area contributed by atoms with Gasteiger partial charge < -0.3 is 14.2 Å². The lowest BCUT2D eigenvalue weighted by Gasteiger charge is -2.17. The number of rotatable bonds is 5. The van der Waals surface area contributed by atoms with E-state index >= 15 is 0 Å². The average Bonchev–Trinajstić information content (AvgIpc) is 3.22. The van der Waals surface area contributed by atoms with Crippen LogP contribution in [0.5, 0.6) is 0 Å². The minimum absolute atomic E-state index is 0.111. The number of thiophene rings is 1. The van der Waals surface area contributed by atoms with Crippen LogP contribution in [0, 0.1) is 0 Å². The van der Waals surface area contributed by atoms with Crippen molar-refractivity contribution in [3.8, 4) is 10.4 Å². The summed E-state index contributed by atoms with van der Waals surface area (Å²) < 4.78 is 17.2. The summed E-state index contributed by atoms with van der Waals surface area (Å²) in [7, 11) is 0. The molecule has 1 saturated heterocycles. The zero-order valence-corrected chi connectivity index (χ0v) is 15.5. The Hall–Kier alpha value is -2.72. The quantitative estimate of drug-likeness (QED) is 0.753. The number of carbonyl (C=O) groups is 2. The minimum Gasteiger partial charge on any atom is -0.463 e. The second kappa shape index (κ2) is 7.89. The number of esters is 2. The Labute approximate surface area is 157 Å².